The molecule has 2 heterocycles. The van der Waals surface area contributed by atoms with Crippen LogP contribution in [0.3, 0.4) is 0 Å². The van der Waals surface area contributed by atoms with Gasteiger partial charge in [-0.3, -0.25) is 0 Å². The minimum Gasteiger partial charge on any atom is -0.467 e. The smallest absolute Gasteiger partial charge is 0.322 e. The van der Waals surface area contributed by atoms with Crippen LogP contribution < -0.4 is 15.0 Å². The lowest BCUT2D eigenvalue weighted by Crippen LogP contribution is -2.27. The molecule has 0 bridgehead atoms. The third-order valence-electron chi connectivity index (χ3n) is 3.16. The van der Waals surface area contributed by atoms with E-state index in [1.54, 1.807) is 20.4 Å². The highest BCUT2D eigenvalue weighted by Crippen LogP contribution is 2.32. The number of aromatic nitrogens is 3. The zero-order valence-corrected chi connectivity index (χ0v) is 11.5. The van der Waals surface area contributed by atoms with Gasteiger partial charge in [0.2, 0.25) is 11.9 Å². The number of rotatable bonds is 6. The van der Waals surface area contributed by atoms with Gasteiger partial charge in [0.1, 0.15) is 5.76 Å². The highest BCUT2D eigenvalue weighted by atomic mass is 16.5. The Kier molecular flexibility index (Phi) is 3.41. The number of hydrogen-bond acceptors (Lipinski definition) is 7. The molecule has 0 saturated heterocycles. The van der Waals surface area contributed by atoms with Crippen molar-refractivity contribution >= 4 is 11.9 Å². The molecule has 20 heavy (non-hydrogen) atoms. The molecule has 1 saturated carbocycles. The molecule has 0 spiro atoms. The highest BCUT2D eigenvalue weighted by Gasteiger charge is 2.32. The molecule has 1 N–H and O–H groups in total. The Balaban J connectivity index is 1.90. The molecule has 7 heteroatoms. The Morgan fingerprint density at radius 2 is 2.25 bits per heavy atom. The van der Waals surface area contributed by atoms with Crippen LogP contribution in [0.4, 0.5) is 11.9 Å². The molecule has 1 aliphatic carbocycles. The van der Waals surface area contributed by atoms with E-state index in [9.17, 15) is 0 Å². The van der Waals surface area contributed by atoms with Crippen LogP contribution in [0.5, 0.6) is 6.01 Å². The largest absolute Gasteiger partial charge is 0.467 e. The van der Waals surface area contributed by atoms with Crippen molar-refractivity contribution in [2.24, 2.45) is 0 Å². The van der Waals surface area contributed by atoms with Gasteiger partial charge in [0.25, 0.3) is 0 Å². The van der Waals surface area contributed by atoms with Gasteiger partial charge in [0.15, 0.2) is 0 Å². The summed E-state index contributed by atoms with van der Waals surface area (Å²) in [4.78, 5) is 15.0. The van der Waals surface area contributed by atoms with E-state index in [0.29, 0.717) is 30.5 Å². The van der Waals surface area contributed by atoms with Crippen molar-refractivity contribution in [3.8, 4) is 6.01 Å². The molecule has 2 aromatic heterocycles. The Labute approximate surface area is 117 Å². The summed E-state index contributed by atoms with van der Waals surface area (Å²) in [7, 11) is 3.32. The van der Waals surface area contributed by atoms with Crippen molar-refractivity contribution in [3.05, 3.63) is 24.2 Å². The van der Waals surface area contributed by atoms with Gasteiger partial charge in [0.05, 0.1) is 19.9 Å². The maximum atomic E-state index is 5.42. The summed E-state index contributed by atoms with van der Waals surface area (Å²) in [5.74, 6) is 2.00. The zero-order chi connectivity index (χ0) is 13.9. The lowest BCUT2D eigenvalue weighted by Gasteiger charge is -2.21. The van der Waals surface area contributed by atoms with Gasteiger partial charge < -0.3 is 19.4 Å². The Hall–Kier alpha value is -2.31. The van der Waals surface area contributed by atoms with Gasteiger partial charge in [-0.25, -0.2) is 0 Å². The fourth-order valence-corrected chi connectivity index (χ4v) is 2.00. The van der Waals surface area contributed by atoms with E-state index in [1.165, 1.54) is 0 Å². The second-order valence-corrected chi connectivity index (χ2v) is 4.63. The quantitative estimate of drug-likeness (QED) is 0.859. The monoisotopic (exact) mass is 275 g/mol. The van der Waals surface area contributed by atoms with Crippen LogP contribution in [0.1, 0.15) is 18.6 Å². The predicted octanol–water partition coefficient (Wildman–Crippen LogP) is 1.68. The molecule has 0 amide bonds. The molecule has 7 nitrogen and oxygen atoms in total. The van der Waals surface area contributed by atoms with Gasteiger partial charge in [-0.2, -0.15) is 15.0 Å². The van der Waals surface area contributed by atoms with E-state index in [0.717, 1.165) is 18.6 Å². The topological polar surface area (TPSA) is 76.3 Å². The van der Waals surface area contributed by atoms with Gasteiger partial charge in [-0.05, 0) is 25.0 Å². The minimum absolute atomic E-state index is 0.310. The highest BCUT2D eigenvalue weighted by molar-refractivity contribution is 5.40. The molecule has 0 radical (unpaired) electrons. The second-order valence-electron chi connectivity index (χ2n) is 4.63. The lowest BCUT2D eigenvalue weighted by atomic mass is 10.4. The maximum Gasteiger partial charge on any atom is 0.322 e. The Bertz CT molecular complexity index is 546. The number of hydrogen-bond donors (Lipinski definition) is 1. The normalized spacial score (nSPS) is 14.1. The first-order chi connectivity index (χ1) is 9.80. The predicted molar refractivity (Wildman–Crippen MR) is 73.8 cm³/mol. The zero-order valence-electron chi connectivity index (χ0n) is 11.5. The van der Waals surface area contributed by atoms with Gasteiger partial charge in [-0.1, -0.05) is 0 Å². The summed E-state index contributed by atoms with van der Waals surface area (Å²) in [6.45, 7) is 0.647. The van der Waals surface area contributed by atoms with Crippen LogP contribution in [0.2, 0.25) is 0 Å². The molecule has 2 aromatic rings. The first-order valence-corrected chi connectivity index (χ1v) is 6.57. The summed E-state index contributed by atoms with van der Waals surface area (Å²) in [6, 6.07) is 4.60. The molecular formula is C13H17N5O2. The molecule has 3 rings (SSSR count). The van der Waals surface area contributed by atoms with Crippen LogP contribution in [-0.2, 0) is 6.54 Å². The summed E-state index contributed by atoms with van der Waals surface area (Å²) in [5, 5.41) is 2.92. The van der Waals surface area contributed by atoms with Gasteiger partial charge in [0, 0.05) is 13.1 Å². The van der Waals surface area contributed by atoms with Crippen LogP contribution in [0, 0.1) is 0 Å². The number of methoxy groups -OCH3 is 1. The minimum atomic E-state index is 0.310. The number of furan rings is 1. The fraction of sp³-hybridized carbons (Fsp3) is 0.462. The standard InChI is InChI=1S/C13H17N5O2/c1-14-11-15-12(17-13(16-11)19-2)18(9-5-6-9)8-10-4-3-7-20-10/h3-4,7,9H,5-6,8H2,1-2H3,(H,14,15,16,17). The third-order valence-corrected chi connectivity index (χ3v) is 3.16. The molecule has 0 aliphatic heterocycles. The molecule has 1 aliphatic rings. The van der Waals surface area contributed by atoms with Crippen molar-refractivity contribution in [3.63, 3.8) is 0 Å². The van der Waals surface area contributed by atoms with Crippen LogP contribution >= 0.6 is 0 Å². The average Bonchev–Trinajstić information content (AvgIpc) is 3.20. The molecule has 0 aromatic carbocycles. The molecule has 106 valence electrons. The van der Waals surface area contributed by atoms with E-state index in [2.05, 4.69) is 25.2 Å². The first kappa shape index (κ1) is 12.7. The Morgan fingerprint density at radius 1 is 1.40 bits per heavy atom. The molecule has 1 fully saturated rings. The van der Waals surface area contributed by atoms with E-state index in [4.69, 9.17) is 9.15 Å². The SMILES string of the molecule is CNc1nc(OC)nc(N(Cc2ccco2)C2CC2)n1. The number of nitrogens with zero attached hydrogens (tertiary/aromatic N) is 4. The van der Waals surface area contributed by atoms with Crippen molar-refractivity contribution in [1.29, 1.82) is 0 Å². The third kappa shape index (κ3) is 2.66. The van der Waals surface area contributed by atoms with Gasteiger partial charge >= 0.3 is 6.01 Å². The van der Waals surface area contributed by atoms with Crippen molar-refractivity contribution in [1.82, 2.24) is 15.0 Å². The van der Waals surface area contributed by atoms with E-state index >= 15 is 0 Å². The van der Waals surface area contributed by atoms with Crippen LogP contribution in [0.25, 0.3) is 0 Å². The number of ether oxygens (including phenoxy) is 1. The van der Waals surface area contributed by atoms with Crippen LogP contribution in [-0.4, -0.2) is 35.2 Å². The van der Waals surface area contributed by atoms with E-state index in [1.807, 2.05) is 12.1 Å². The Morgan fingerprint density at radius 3 is 2.85 bits per heavy atom. The van der Waals surface area contributed by atoms with Crippen molar-refractivity contribution in [2.75, 3.05) is 24.4 Å². The molecule has 0 unspecified atom stereocenters. The number of nitrogens with one attached hydrogen (secondary N) is 1. The summed E-state index contributed by atoms with van der Waals surface area (Å²) in [5.41, 5.74) is 0. The second kappa shape index (κ2) is 5.36. The van der Waals surface area contributed by atoms with Crippen molar-refractivity contribution in [2.45, 2.75) is 25.4 Å². The number of anilines is 2. The van der Waals surface area contributed by atoms with Crippen LogP contribution in [0.15, 0.2) is 22.8 Å². The summed E-state index contributed by atoms with van der Waals surface area (Å²) < 4.78 is 10.5. The van der Waals surface area contributed by atoms with Gasteiger partial charge in [-0.15, -0.1) is 0 Å². The molecule has 0 atom stereocenters. The summed E-state index contributed by atoms with van der Waals surface area (Å²) in [6.07, 6.45) is 3.96. The fourth-order valence-electron chi connectivity index (χ4n) is 2.00. The molecular weight excluding hydrogens is 258 g/mol. The average molecular weight is 275 g/mol. The summed E-state index contributed by atoms with van der Waals surface area (Å²) >= 11 is 0. The lowest BCUT2D eigenvalue weighted by molar-refractivity contribution is 0.378. The first-order valence-electron chi connectivity index (χ1n) is 6.57. The maximum absolute atomic E-state index is 5.42. The van der Waals surface area contributed by atoms with E-state index < -0.39 is 0 Å². The van der Waals surface area contributed by atoms with E-state index in [-0.39, 0.29) is 0 Å². The van der Waals surface area contributed by atoms with Crippen molar-refractivity contribution < 1.29 is 9.15 Å².